The van der Waals surface area contributed by atoms with Crippen molar-refractivity contribution >= 4 is 11.9 Å². The van der Waals surface area contributed by atoms with E-state index in [9.17, 15) is 9.90 Å². The van der Waals surface area contributed by atoms with Gasteiger partial charge in [-0.25, -0.2) is 9.97 Å². The number of carbonyl (C=O) groups is 1. The van der Waals surface area contributed by atoms with E-state index >= 15 is 0 Å². The topological polar surface area (TPSA) is 69.6 Å². The number of hydrogen-bond acceptors (Lipinski definition) is 5. The third-order valence-corrected chi connectivity index (χ3v) is 4.68. The number of anilines is 1. The molecule has 1 N–H and O–H groups in total. The van der Waals surface area contributed by atoms with Crippen LogP contribution in [0.25, 0.3) is 0 Å². The van der Waals surface area contributed by atoms with Gasteiger partial charge in [-0.2, -0.15) is 0 Å². The number of amides is 1. The Morgan fingerprint density at radius 3 is 2.67 bits per heavy atom. The zero-order valence-electron chi connectivity index (χ0n) is 13.4. The minimum Gasteiger partial charge on any atom is -0.393 e. The lowest BCUT2D eigenvalue weighted by molar-refractivity contribution is 0.0766. The zero-order valence-corrected chi connectivity index (χ0v) is 13.4. The van der Waals surface area contributed by atoms with Crippen LogP contribution in [0.5, 0.6) is 0 Å². The number of aliphatic hydroxyl groups is 1. The van der Waals surface area contributed by atoms with E-state index in [-0.39, 0.29) is 12.0 Å². The van der Waals surface area contributed by atoms with Crippen molar-refractivity contribution in [1.82, 2.24) is 14.9 Å². The largest absolute Gasteiger partial charge is 0.393 e. The second kappa shape index (κ2) is 6.20. The molecule has 6 heteroatoms. The van der Waals surface area contributed by atoms with Gasteiger partial charge >= 0.3 is 0 Å². The molecule has 1 fully saturated rings. The maximum absolute atomic E-state index is 12.5. The van der Waals surface area contributed by atoms with Gasteiger partial charge in [0.1, 0.15) is 0 Å². The van der Waals surface area contributed by atoms with E-state index in [1.807, 2.05) is 30.3 Å². The van der Waals surface area contributed by atoms with Gasteiger partial charge in [-0.3, -0.25) is 4.79 Å². The monoisotopic (exact) mass is 324 g/mol. The van der Waals surface area contributed by atoms with Gasteiger partial charge in [0.05, 0.1) is 23.9 Å². The number of hydrogen-bond donors (Lipinski definition) is 1. The number of nitrogens with zero attached hydrogens (tertiary/aromatic N) is 4. The third kappa shape index (κ3) is 2.85. The molecule has 1 amide bonds. The van der Waals surface area contributed by atoms with Gasteiger partial charge in [-0.1, -0.05) is 30.3 Å². The molecule has 4 rings (SSSR count). The predicted molar refractivity (Wildman–Crippen MR) is 89.5 cm³/mol. The molecule has 2 aromatic rings. The van der Waals surface area contributed by atoms with Crippen molar-refractivity contribution in [2.24, 2.45) is 0 Å². The van der Waals surface area contributed by atoms with Crippen LogP contribution < -0.4 is 4.90 Å². The molecule has 0 radical (unpaired) electrons. The Hall–Kier alpha value is -2.47. The van der Waals surface area contributed by atoms with Crippen LogP contribution in [0.2, 0.25) is 0 Å². The molecular formula is C18H20N4O2. The van der Waals surface area contributed by atoms with E-state index in [0.717, 1.165) is 37.2 Å². The summed E-state index contributed by atoms with van der Waals surface area (Å²) in [4.78, 5) is 25.4. The van der Waals surface area contributed by atoms with Crippen molar-refractivity contribution in [1.29, 1.82) is 0 Å². The highest BCUT2D eigenvalue weighted by Crippen LogP contribution is 2.25. The van der Waals surface area contributed by atoms with E-state index in [1.54, 1.807) is 11.1 Å². The van der Waals surface area contributed by atoms with E-state index in [4.69, 9.17) is 0 Å². The van der Waals surface area contributed by atoms with Gasteiger partial charge < -0.3 is 14.9 Å². The number of benzene rings is 1. The van der Waals surface area contributed by atoms with Crippen molar-refractivity contribution in [3.8, 4) is 0 Å². The van der Waals surface area contributed by atoms with Gasteiger partial charge in [-0.15, -0.1) is 0 Å². The number of aromatic nitrogens is 2. The Morgan fingerprint density at radius 2 is 1.92 bits per heavy atom. The molecule has 1 saturated heterocycles. The highest BCUT2D eigenvalue weighted by molar-refractivity contribution is 5.97. The fraction of sp³-hybridized carbons (Fsp3) is 0.389. The Bertz CT molecular complexity index is 742. The van der Waals surface area contributed by atoms with Crippen LogP contribution in [0.4, 0.5) is 5.95 Å². The van der Waals surface area contributed by atoms with Crippen molar-refractivity contribution in [3.63, 3.8) is 0 Å². The fourth-order valence-corrected chi connectivity index (χ4v) is 3.28. The van der Waals surface area contributed by atoms with Gasteiger partial charge in [0, 0.05) is 25.8 Å². The summed E-state index contributed by atoms with van der Waals surface area (Å²) in [5.74, 6) is 0.657. The maximum Gasteiger partial charge on any atom is 0.258 e. The van der Waals surface area contributed by atoms with Crippen LogP contribution in [0.3, 0.4) is 0 Å². The first kappa shape index (κ1) is 15.1. The molecule has 0 bridgehead atoms. The molecule has 1 aromatic carbocycles. The van der Waals surface area contributed by atoms with Crippen molar-refractivity contribution in [2.75, 3.05) is 18.0 Å². The zero-order chi connectivity index (χ0) is 16.5. The molecule has 6 nitrogen and oxygen atoms in total. The lowest BCUT2D eigenvalue weighted by atomic mass is 10.1. The molecule has 24 heavy (non-hydrogen) atoms. The first-order valence-electron chi connectivity index (χ1n) is 8.33. The van der Waals surface area contributed by atoms with Crippen molar-refractivity contribution in [3.05, 3.63) is 53.3 Å². The molecule has 3 heterocycles. The quantitative estimate of drug-likeness (QED) is 0.928. The molecule has 0 unspecified atom stereocenters. The number of aliphatic hydroxyl groups excluding tert-OH is 1. The van der Waals surface area contributed by atoms with Gasteiger partial charge in [0.2, 0.25) is 5.95 Å². The molecule has 0 spiro atoms. The summed E-state index contributed by atoms with van der Waals surface area (Å²) in [7, 11) is 0. The first-order valence-corrected chi connectivity index (χ1v) is 8.33. The number of rotatable bonds is 3. The summed E-state index contributed by atoms with van der Waals surface area (Å²) in [6, 6.07) is 9.97. The summed E-state index contributed by atoms with van der Waals surface area (Å²) in [5, 5.41) is 9.62. The third-order valence-electron chi connectivity index (χ3n) is 4.68. The predicted octanol–water partition coefficient (Wildman–Crippen LogP) is 1.59. The highest BCUT2D eigenvalue weighted by atomic mass is 16.3. The number of carbonyl (C=O) groups excluding carboxylic acids is 1. The summed E-state index contributed by atoms with van der Waals surface area (Å²) in [6.45, 7) is 2.61. The fourth-order valence-electron chi connectivity index (χ4n) is 3.28. The second-order valence-corrected chi connectivity index (χ2v) is 6.40. The number of piperidine rings is 1. The van der Waals surface area contributed by atoms with Crippen molar-refractivity contribution in [2.45, 2.75) is 32.0 Å². The average molecular weight is 324 g/mol. The van der Waals surface area contributed by atoms with E-state index in [0.29, 0.717) is 24.6 Å². The Kier molecular flexibility index (Phi) is 3.90. The summed E-state index contributed by atoms with van der Waals surface area (Å²) < 4.78 is 0. The molecule has 1 aromatic heterocycles. The van der Waals surface area contributed by atoms with Crippen LogP contribution in [0.1, 0.15) is 34.5 Å². The second-order valence-electron chi connectivity index (χ2n) is 6.40. The summed E-state index contributed by atoms with van der Waals surface area (Å²) in [5.41, 5.74) is 2.51. The van der Waals surface area contributed by atoms with Gasteiger partial charge in [-0.05, 0) is 18.4 Å². The molecule has 2 aliphatic heterocycles. The van der Waals surface area contributed by atoms with Crippen LogP contribution >= 0.6 is 0 Å². The van der Waals surface area contributed by atoms with Crippen molar-refractivity contribution < 1.29 is 9.90 Å². The van der Waals surface area contributed by atoms with Gasteiger partial charge in [0.25, 0.3) is 5.91 Å². The maximum atomic E-state index is 12.5. The lowest BCUT2D eigenvalue weighted by Crippen LogP contribution is -2.37. The SMILES string of the molecule is O=C1c2cnc(N3CCC(O)CC3)nc2CN1Cc1ccccc1. The first-order chi connectivity index (χ1) is 11.7. The van der Waals surface area contributed by atoms with E-state index < -0.39 is 0 Å². The molecule has 124 valence electrons. The molecule has 0 saturated carbocycles. The average Bonchev–Trinajstić information content (AvgIpc) is 2.92. The van der Waals surface area contributed by atoms with Gasteiger partial charge in [0.15, 0.2) is 0 Å². The summed E-state index contributed by atoms with van der Waals surface area (Å²) in [6.07, 6.45) is 2.90. The Balaban J connectivity index is 1.51. The standard InChI is InChI=1S/C18H20N4O2/c23-14-6-8-21(9-7-14)18-19-10-15-16(20-18)12-22(17(15)24)11-13-4-2-1-3-5-13/h1-5,10,14,23H,6-9,11-12H2. The van der Waals surface area contributed by atoms with Crippen LogP contribution in [0, 0.1) is 0 Å². The van der Waals surface area contributed by atoms with Crippen LogP contribution in [-0.4, -0.2) is 45.1 Å². The van der Waals surface area contributed by atoms with E-state index in [2.05, 4.69) is 14.9 Å². The Morgan fingerprint density at radius 1 is 1.17 bits per heavy atom. The highest BCUT2D eigenvalue weighted by Gasteiger charge is 2.30. The molecule has 2 aliphatic rings. The Labute approximate surface area is 140 Å². The molecule has 0 aliphatic carbocycles. The van der Waals surface area contributed by atoms with Crippen LogP contribution in [-0.2, 0) is 13.1 Å². The lowest BCUT2D eigenvalue weighted by Gasteiger charge is -2.29. The number of fused-ring (bicyclic) bond motifs is 1. The minimum atomic E-state index is -0.224. The summed E-state index contributed by atoms with van der Waals surface area (Å²) >= 11 is 0. The van der Waals surface area contributed by atoms with E-state index in [1.165, 1.54) is 0 Å². The molecular weight excluding hydrogens is 304 g/mol. The normalized spacial score (nSPS) is 18.1. The smallest absolute Gasteiger partial charge is 0.258 e. The minimum absolute atomic E-state index is 0.00512. The van der Waals surface area contributed by atoms with Crippen LogP contribution in [0.15, 0.2) is 36.5 Å². The molecule has 0 atom stereocenters.